The SMILES string of the molecule is C1=c2c3cccc4cccc(c5ccc(-c6ccc7cc(-c8ccc9ccccc9c8)ccc7c6)c(c25)CC1)c43. The average molecular weight is 507 g/mol. The van der Waals surface area contributed by atoms with Crippen LogP contribution in [0.1, 0.15) is 12.0 Å². The summed E-state index contributed by atoms with van der Waals surface area (Å²) in [6.45, 7) is 0. The van der Waals surface area contributed by atoms with Crippen LogP contribution in [0.4, 0.5) is 0 Å². The van der Waals surface area contributed by atoms with Crippen LogP contribution in [0, 0.1) is 0 Å². The van der Waals surface area contributed by atoms with Gasteiger partial charge in [-0.1, -0.05) is 115 Å². The normalized spacial score (nSPS) is 13.0. The number of hydrogen-bond donors (Lipinski definition) is 0. The van der Waals surface area contributed by atoms with Crippen LogP contribution in [-0.4, -0.2) is 0 Å². The van der Waals surface area contributed by atoms with Crippen molar-refractivity contribution in [2.45, 2.75) is 12.8 Å². The average Bonchev–Trinajstić information content (AvgIpc) is 3.02. The smallest absolute Gasteiger partial charge is 0.00265 e. The van der Waals surface area contributed by atoms with Crippen molar-refractivity contribution < 1.29 is 0 Å². The summed E-state index contributed by atoms with van der Waals surface area (Å²) in [6, 6.07) is 47.5. The Kier molecular flexibility index (Phi) is 4.54. The van der Waals surface area contributed by atoms with Crippen LogP contribution < -0.4 is 5.22 Å². The van der Waals surface area contributed by atoms with Gasteiger partial charge in [0.1, 0.15) is 0 Å². The minimum atomic E-state index is 1.08. The number of benzene rings is 8. The first kappa shape index (κ1) is 21.9. The van der Waals surface area contributed by atoms with Gasteiger partial charge in [-0.2, -0.15) is 0 Å². The van der Waals surface area contributed by atoms with E-state index in [1.54, 1.807) is 0 Å². The highest BCUT2D eigenvalue weighted by molar-refractivity contribution is 6.23. The second-order valence-electron chi connectivity index (χ2n) is 11.2. The third-order valence-electron chi connectivity index (χ3n) is 9.04. The summed E-state index contributed by atoms with van der Waals surface area (Å²) in [4.78, 5) is 0. The minimum Gasteiger partial charge on any atom is -0.0757 e. The molecule has 0 aliphatic heterocycles. The molecule has 9 rings (SSSR count). The summed E-state index contributed by atoms with van der Waals surface area (Å²) >= 11 is 0. The van der Waals surface area contributed by atoms with E-state index < -0.39 is 0 Å². The molecule has 0 nitrogen and oxygen atoms in total. The van der Waals surface area contributed by atoms with Crippen LogP contribution in [0.15, 0.2) is 127 Å². The first-order valence-corrected chi connectivity index (χ1v) is 14.2. The lowest BCUT2D eigenvalue weighted by atomic mass is 9.83. The van der Waals surface area contributed by atoms with Gasteiger partial charge in [0.2, 0.25) is 0 Å². The summed E-state index contributed by atoms with van der Waals surface area (Å²) in [5, 5.41) is 14.9. The quantitative estimate of drug-likeness (QED) is 0.162. The Labute approximate surface area is 232 Å². The molecule has 0 radical (unpaired) electrons. The summed E-state index contributed by atoms with van der Waals surface area (Å²) in [5.74, 6) is 0. The van der Waals surface area contributed by atoms with Crippen molar-refractivity contribution >= 4 is 59.9 Å². The van der Waals surface area contributed by atoms with E-state index in [1.807, 2.05) is 0 Å². The molecule has 0 saturated heterocycles. The van der Waals surface area contributed by atoms with E-state index in [4.69, 9.17) is 0 Å². The molecule has 0 bridgehead atoms. The second-order valence-corrected chi connectivity index (χ2v) is 11.2. The molecular weight excluding hydrogens is 480 g/mol. The maximum absolute atomic E-state index is 2.47. The molecule has 0 heteroatoms. The standard InChI is InChI=1S/C40H26/c1-2-7-27-22-28(15-14-25(27)6-1)29-16-17-31-24-32(19-18-30(31)23-29)33-20-21-38-36-11-4-9-26-8-3-10-35(39(26)36)37-13-5-12-34(33)40(37)38/h1-4,6-11,13-24H,5,12H2. The molecule has 1 aliphatic rings. The van der Waals surface area contributed by atoms with Crippen LogP contribution in [0.5, 0.6) is 0 Å². The van der Waals surface area contributed by atoms with Gasteiger partial charge in [0.05, 0.1) is 0 Å². The maximum atomic E-state index is 2.47. The fourth-order valence-electron chi connectivity index (χ4n) is 7.17. The fourth-order valence-corrected chi connectivity index (χ4v) is 7.17. The van der Waals surface area contributed by atoms with Crippen LogP contribution in [0.3, 0.4) is 0 Å². The van der Waals surface area contributed by atoms with Crippen molar-refractivity contribution in [3.05, 3.63) is 138 Å². The van der Waals surface area contributed by atoms with Gasteiger partial charge in [-0.25, -0.2) is 0 Å². The van der Waals surface area contributed by atoms with Crippen LogP contribution >= 0.6 is 0 Å². The van der Waals surface area contributed by atoms with E-state index in [2.05, 4.69) is 133 Å². The van der Waals surface area contributed by atoms with E-state index in [9.17, 15) is 0 Å². The molecule has 0 aromatic heterocycles. The van der Waals surface area contributed by atoms with Gasteiger partial charge in [-0.15, -0.1) is 0 Å². The molecular formula is C40H26. The highest BCUT2D eigenvalue weighted by atomic mass is 14.2. The molecule has 0 fully saturated rings. The zero-order valence-corrected chi connectivity index (χ0v) is 22.1. The van der Waals surface area contributed by atoms with Crippen molar-refractivity contribution in [1.29, 1.82) is 0 Å². The van der Waals surface area contributed by atoms with Crippen molar-refractivity contribution in [2.24, 2.45) is 0 Å². The third kappa shape index (κ3) is 3.14. The molecule has 186 valence electrons. The summed E-state index contributed by atoms with van der Waals surface area (Å²) in [5.41, 5.74) is 6.70. The Balaban J connectivity index is 1.21. The molecule has 0 saturated carbocycles. The predicted molar refractivity (Wildman–Crippen MR) is 173 cm³/mol. The van der Waals surface area contributed by atoms with E-state index in [-0.39, 0.29) is 0 Å². The molecule has 8 aromatic carbocycles. The second kappa shape index (κ2) is 8.28. The number of fused-ring (bicyclic) bond motifs is 4. The van der Waals surface area contributed by atoms with Crippen molar-refractivity contribution in [1.82, 2.24) is 0 Å². The zero-order valence-electron chi connectivity index (χ0n) is 22.1. The van der Waals surface area contributed by atoms with Crippen LogP contribution in [-0.2, 0) is 6.42 Å². The molecule has 0 N–H and O–H groups in total. The van der Waals surface area contributed by atoms with Crippen LogP contribution in [0.2, 0.25) is 0 Å². The topological polar surface area (TPSA) is 0 Å². The molecule has 0 heterocycles. The molecule has 0 amide bonds. The predicted octanol–water partition coefficient (Wildman–Crippen LogP) is 10.2. The molecule has 0 unspecified atom stereocenters. The molecule has 40 heavy (non-hydrogen) atoms. The zero-order chi connectivity index (χ0) is 26.2. The lowest BCUT2D eigenvalue weighted by Crippen LogP contribution is -2.13. The van der Waals surface area contributed by atoms with Crippen molar-refractivity contribution in [3.63, 3.8) is 0 Å². The van der Waals surface area contributed by atoms with Gasteiger partial charge in [0.25, 0.3) is 0 Å². The minimum absolute atomic E-state index is 1.08. The van der Waals surface area contributed by atoms with Crippen molar-refractivity contribution in [3.8, 4) is 22.3 Å². The van der Waals surface area contributed by atoms with E-state index in [1.165, 1.54) is 86.9 Å². The Morgan fingerprint density at radius 1 is 0.400 bits per heavy atom. The van der Waals surface area contributed by atoms with E-state index in [0.717, 1.165) is 12.8 Å². The maximum Gasteiger partial charge on any atom is -0.00265 e. The number of hydrogen-bond acceptors (Lipinski definition) is 0. The van der Waals surface area contributed by atoms with Gasteiger partial charge >= 0.3 is 0 Å². The molecule has 0 atom stereocenters. The van der Waals surface area contributed by atoms with Crippen molar-refractivity contribution in [2.75, 3.05) is 0 Å². The lowest BCUT2D eigenvalue weighted by molar-refractivity contribution is 1.04. The number of aryl methyl sites for hydroxylation is 1. The molecule has 0 spiro atoms. The first-order valence-electron chi connectivity index (χ1n) is 14.2. The summed E-state index contributed by atoms with van der Waals surface area (Å²) in [7, 11) is 0. The Morgan fingerprint density at radius 2 is 1.00 bits per heavy atom. The van der Waals surface area contributed by atoms with E-state index in [0.29, 0.717) is 0 Å². The molecule has 8 aromatic rings. The third-order valence-corrected chi connectivity index (χ3v) is 9.04. The Bertz CT molecular complexity index is 2370. The summed E-state index contributed by atoms with van der Waals surface area (Å²) < 4.78 is 0. The Morgan fingerprint density at radius 3 is 1.80 bits per heavy atom. The number of rotatable bonds is 2. The van der Waals surface area contributed by atoms with Gasteiger partial charge in [-0.05, 0) is 118 Å². The van der Waals surface area contributed by atoms with Gasteiger partial charge in [0, 0.05) is 0 Å². The largest absolute Gasteiger partial charge is 0.0757 e. The van der Waals surface area contributed by atoms with Gasteiger partial charge in [-0.3, -0.25) is 0 Å². The van der Waals surface area contributed by atoms with E-state index >= 15 is 0 Å². The highest BCUT2D eigenvalue weighted by Crippen LogP contribution is 2.39. The summed E-state index contributed by atoms with van der Waals surface area (Å²) in [6.07, 6.45) is 4.63. The first-order chi connectivity index (χ1) is 19.8. The van der Waals surface area contributed by atoms with Gasteiger partial charge in [0.15, 0.2) is 0 Å². The molecule has 1 aliphatic carbocycles. The monoisotopic (exact) mass is 506 g/mol. The highest BCUT2D eigenvalue weighted by Gasteiger charge is 2.18. The Hall–Kier alpha value is -4.94. The van der Waals surface area contributed by atoms with Gasteiger partial charge < -0.3 is 0 Å². The fraction of sp³-hybridized carbons (Fsp3) is 0.0500. The van der Waals surface area contributed by atoms with Crippen LogP contribution in [0.25, 0.3) is 82.2 Å². The lowest BCUT2D eigenvalue weighted by Gasteiger charge is -2.20.